The van der Waals surface area contributed by atoms with E-state index in [0.717, 1.165) is 17.1 Å². The highest BCUT2D eigenvalue weighted by molar-refractivity contribution is 7.99. The number of carbonyl (C=O) groups is 1. The van der Waals surface area contributed by atoms with Crippen LogP contribution in [0.5, 0.6) is 0 Å². The summed E-state index contributed by atoms with van der Waals surface area (Å²) in [6.07, 6.45) is 0.592. The minimum atomic E-state index is -1.03. The SMILES string of the molecule is CCOC(=O)C(N)(CCSCC)c1ccccc1. The number of carbonyl (C=O) groups excluding carboxylic acids is 1. The monoisotopic (exact) mass is 267 g/mol. The molecule has 3 nitrogen and oxygen atoms in total. The van der Waals surface area contributed by atoms with Gasteiger partial charge >= 0.3 is 5.97 Å². The van der Waals surface area contributed by atoms with Gasteiger partial charge in [-0.05, 0) is 30.4 Å². The molecule has 0 bridgehead atoms. The van der Waals surface area contributed by atoms with Crippen molar-refractivity contribution in [3.05, 3.63) is 35.9 Å². The maximum absolute atomic E-state index is 12.1. The minimum Gasteiger partial charge on any atom is -0.464 e. The number of thioether (sulfide) groups is 1. The van der Waals surface area contributed by atoms with E-state index in [1.54, 1.807) is 18.7 Å². The fraction of sp³-hybridized carbons (Fsp3) is 0.500. The lowest BCUT2D eigenvalue weighted by atomic mass is 9.88. The van der Waals surface area contributed by atoms with Gasteiger partial charge in [0.1, 0.15) is 5.54 Å². The average Bonchev–Trinajstić information content (AvgIpc) is 2.40. The highest BCUT2D eigenvalue weighted by Crippen LogP contribution is 2.25. The Kier molecular flexibility index (Phi) is 6.22. The number of esters is 1. The first-order chi connectivity index (χ1) is 8.65. The first kappa shape index (κ1) is 15.1. The summed E-state index contributed by atoms with van der Waals surface area (Å²) >= 11 is 1.78. The molecule has 1 unspecified atom stereocenters. The molecular weight excluding hydrogens is 246 g/mol. The third-order valence-corrected chi connectivity index (χ3v) is 3.67. The van der Waals surface area contributed by atoms with Crippen molar-refractivity contribution in [3.8, 4) is 0 Å². The molecule has 0 fully saturated rings. The Morgan fingerprint density at radius 2 is 2.00 bits per heavy atom. The fourth-order valence-electron chi connectivity index (χ4n) is 1.74. The Labute approximate surface area is 113 Å². The van der Waals surface area contributed by atoms with Gasteiger partial charge in [-0.3, -0.25) is 0 Å². The highest BCUT2D eigenvalue weighted by Gasteiger charge is 2.36. The van der Waals surface area contributed by atoms with E-state index in [2.05, 4.69) is 6.92 Å². The normalized spacial score (nSPS) is 13.9. The zero-order valence-electron chi connectivity index (χ0n) is 11.0. The van der Waals surface area contributed by atoms with Crippen LogP contribution in [0.3, 0.4) is 0 Å². The Morgan fingerprint density at radius 1 is 1.33 bits per heavy atom. The molecule has 0 saturated heterocycles. The standard InChI is InChI=1S/C14H21NO2S/c1-3-17-13(16)14(15,10-11-18-4-2)12-8-6-5-7-9-12/h5-9H,3-4,10-11,15H2,1-2H3. The molecule has 0 aliphatic rings. The third-order valence-electron chi connectivity index (χ3n) is 2.77. The molecule has 4 heteroatoms. The van der Waals surface area contributed by atoms with E-state index >= 15 is 0 Å². The fourth-order valence-corrected chi connectivity index (χ4v) is 2.49. The van der Waals surface area contributed by atoms with Gasteiger partial charge in [-0.2, -0.15) is 11.8 Å². The van der Waals surface area contributed by atoms with Gasteiger partial charge in [-0.1, -0.05) is 37.3 Å². The lowest BCUT2D eigenvalue weighted by Crippen LogP contribution is -2.46. The first-order valence-corrected chi connectivity index (χ1v) is 7.40. The van der Waals surface area contributed by atoms with Crippen LogP contribution in [-0.2, 0) is 15.1 Å². The lowest BCUT2D eigenvalue weighted by Gasteiger charge is -2.27. The van der Waals surface area contributed by atoms with Crippen molar-refractivity contribution >= 4 is 17.7 Å². The van der Waals surface area contributed by atoms with Gasteiger partial charge in [0.05, 0.1) is 6.61 Å². The Hall–Kier alpha value is -1.00. The molecule has 0 aliphatic carbocycles. The maximum Gasteiger partial charge on any atom is 0.330 e. The topological polar surface area (TPSA) is 52.3 Å². The summed E-state index contributed by atoms with van der Waals surface area (Å²) < 4.78 is 5.12. The van der Waals surface area contributed by atoms with E-state index in [0.29, 0.717) is 13.0 Å². The maximum atomic E-state index is 12.1. The molecular formula is C14H21NO2S. The molecule has 100 valence electrons. The molecule has 1 atom stereocenters. The zero-order chi connectivity index (χ0) is 13.4. The molecule has 0 aliphatic heterocycles. The van der Waals surface area contributed by atoms with Crippen LogP contribution in [0.25, 0.3) is 0 Å². The van der Waals surface area contributed by atoms with Crippen LogP contribution in [0.4, 0.5) is 0 Å². The van der Waals surface area contributed by atoms with Crippen molar-refractivity contribution < 1.29 is 9.53 Å². The number of benzene rings is 1. The van der Waals surface area contributed by atoms with Gasteiger partial charge in [0.25, 0.3) is 0 Å². The summed E-state index contributed by atoms with van der Waals surface area (Å²) in [5.41, 5.74) is 6.09. The molecule has 0 aromatic heterocycles. The summed E-state index contributed by atoms with van der Waals surface area (Å²) in [7, 11) is 0. The van der Waals surface area contributed by atoms with Crippen molar-refractivity contribution in [1.29, 1.82) is 0 Å². The second-order valence-corrected chi connectivity index (χ2v) is 5.40. The molecule has 0 saturated carbocycles. The van der Waals surface area contributed by atoms with E-state index < -0.39 is 5.54 Å². The zero-order valence-corrected chi connectivity index (χ0v) is 11.8. The van der Waals surface area contributed by atoms with Crippen LogP contribution in [0.1, 0.15) is 25.8 Å². The summed E-state index contributed by atoms with van der Waals surface area (Å²) in [4.78, 5) is 12.1. The van der Waals surface area contributed by atoms with Gasteiger partial charge in [0.2, 0.25) is 0 Å². The van der Waals surface area contributed by atoms with Crippen LogP contribution in [0, 0.1) is 0 Å². The largest absolute Gasteiger partial charge is 0.464 e. The molecule has 1 rings (SSSR count). The third kappa shape index (κ3) is 3.75. The summed E-state index contributed by atoms with van der Waals surface area (Å²) in [5.74, 6) is 1.53. The smallest absolute Gasteiger partial charge is 0.330 e. The van der Waals surface area contributed by atoms with E-state index in [1.807, 2.05) is 30.3 Å². The Balaban J connectivity index is 2.90. The number of nitrogens with two attached hydrogens (primary N) is 1. The molecule has 0 spiro atoms. The van der Waals surface area contributed by atoms with Gasteiger partial charge < -0.3 is 10.5 Å². The lowest BCUT2D eigenvalue weighted by molar-refractivity contribution is -0.150. The minimum absolute atomic E-state index is 0.340. The number of hydrogen-bond donors (Lipinski definition) is 1. The summed E-state index contributed by atoms with van der Waals surface area (Å²) in [5, 5.41) is 0. The van der Waals surface area contributed by atoms with Crippen molar-refractivity contribution in [2.24, 2.45) is 5.73 Å². The van der Waals surface area contributed by atoms with Crippen molar-refractivity contribution in [3.63, 3.8) is 0 Å². The Morgan fingerprint density at radius 3 is 2.56 bits per heavy atom. The van der Waals surface area contributed by atoms with E-state index in [9.17, 15) is 4.79 Å². The van der Waals surface area contributed by atoms with Gasteiger partial charge in [0, 0.05) is 0 Å². The van der Waals surface area contributed by atoms with Crippen LogP contribution in [-0.4, -0.2) is 24.1 Å². The number of hydrogen-bond acceptors (Lipinski definition) is 4. The highest BCUT2D eigenvalue weighted by atomic mass is 32.2. The van der Waals surface area contributed by atoms with Crippen LogP contribution >= 0.6 is 11.8 Å². The second kappa shape index (κ2) is 7.44. The molecule has 1 aromatic rings. The average molecular weight is 267 g/mol. The second-order valence-electron chi connectivity index (χ2n) is 4.00. The van der Waals surface area contributed by atoms with Crippen molar-refractivity contribution in [1.82, 2.24) is 0 Å². The quantitative estimate of drug-likeness (QED) is 0.609. The summed E-state index contributed by atoms with van der Waals surface area (Å²) in [6.45, 7) is 4.24. The number of ether oxygens (including phenoxy) is 1. The molecule has 1 aromatic carbocycles. The van der Waals surface area contributed by atoms with E-state index in [4.69, 9.17) is 10.5 Å². The first-order valence-electron chi connectivity index (χ1n) is 6.24. The predicted molar refractivity (Wildman–Crippen MR) is 76.6 cm³/mol. The van der Waals surface area contributed by atoms with E-state index in [-0.39, 0.29) is 5.97 Å². The van der Waals surface area contributed by atoms with Crippen LogP contribution in [0.2, 0.25) is 0 Å². The van der Waals surface area contributed by atoms with Gasteiger partial charge in [-0.15, -0.1) is 0 Å². The van der Waals surface area contributed by atoms with Gasteiger partial charge in [0.15, 0.2) is 0 Å². The summed E-state index contributed by atoms with van der Waals surface area (Å²) in [6, 6.07) is 9.46. The molecule has 18 heavy (non-hydrogen) atoms. The molecule has 0 heterocycles. The molecule has 0 amide bonds. The van der Waals surface area contributed by atoms with Gasteiger partial charge in [-0.25, -0.2) is 4.79 Å². The Bertz CT molecular complexity index is 369. The predicted octanol–water partition coefficient (Wildman–Crippen LogP) is 2.55. The van der Waals surface area contributed by atoms with Crippen LogP contribution in [0.15, 0.2) is 30.3 Å². The number of rotatable bonds is 7. The van der Waals surface area contributed by atoms with E-state index in [1.165, 1.54) is 0 Å². The molecule has 2 N–H and O–H groups in total. The van der Waals surface area contributed by atoms with Crippen LogP contribution < -0.4 is 5.73 Å². The van der Waals surface area contributed by atoms with Crippen molar-refractivity contribution in [2.45, 2.75) is 25.8 Å². The molecule has 0 radical (unpaired) electrons. The van der Waals surface area contributed by atoms with Crippen molar-refractivity contribution in [2.75, 3.05) is 18.1 Å².